The first-order valence-electron chi connectivity index (χ1n) is 11.1. The number of benzene rings is 2. The summed E-state index contributed by atoms with van der Waals surface area (Å²) < 4.78 is 27.3. The van der Waals surface area contributed by atoms with Crippen LogP contribution < -0.4 is 11.4 Å². The molecule has 4 aromatic heterocycles. The van der Waals surface area contributed by atoms with Gasteiger partial charge in [-0.2, -0.15) is 0 Å². The summed E-state index contributed by atoms with van der Waals surface area (Å²) >= 11 is 0. The molecule has 0 aliphatic heterocycles. The lowest BCUT2D eigenvalue weighted by molar-refractivity contribution is 0.491. The van der Waals surface area contributed by atoms with E-state index in [2.05, 4.69) is 20.1 Å². The van der Waals surface area contributed by atoms with E-state index in [1.54, 1.807) is 26.0 Å². The molecule has 6 rings (SSSR count). The summed E-state index contributed by atoms with van der Waals surface area (Å²) in [6, 6.07) is 9.62. The van der Waals surface area contributed by atoms with Gasteiger partial charge in [0.05, 0.1) is 17.8 Å². The maximum Gasteiger partial charge on any atom is 0.353 e. The van der Waals surface area contributed by atoms with Crippen LogP contribution in [0.4, 0.5) is 10.3 Å². The van der Waals surface area contributed by atoms with Gasteiger partial charge in [-0.25, -0.2) is 33.2 Å². The van der Waals surface area contributed by atoms with Crippen molar-refractivity contribution in [1.29, 1.82) is 0 Å². The number of nitrogens with two attached hydrogens (primary N) is 1. The molecule has 10 nitrogen and oxygen atoms in total. The van der Waals surface area contributed by atoms with Crippen LogP contribution in [0.5, 0.6) is 0 Å². The number of hydrogen-bond donors (Lipinski definition) is 1. The molecular formula is C25H20FN7O3. The summed E-state index contributed by atoms with van der Waals surface area (Å²) in [5, 5.41) is 4.64. The Morgan fingerprint density at radius 1 is 1.06 bits per heavy atom. The fraction of sp³-hybridized carbons (Fsp3) is 0.160. The molecule has 2 aromatic carbocycles. The highest BCUT2D eigenvalue weighted by Gasteiger charge is 2.23. The summed E-state index contributed by atoms with van der Waals surface area (Å²) in [6.07, 6.45) is 1.38. The van der Waals surface area contributed by atoms with Crippen LogP contribution in [0, 0.1) is 26.6 Å². The van der Waals surface area contributed by atoms with Crippen molar-refractivity contribution in [3.05, 3.63) is 82.0 Å². The van der Waals surface area contributed by atoms with Crippen molar-refractivity contribution in [3.8, 4) is 22.4 Å². The Morgan fingerprint density at radius 2 is 1.83 bits per heavy atom. The van der Waals surface area contributed by atoms with Gasteiger partial charge < -0.3 is 14.6 Å². The summed E-state index contributed by atoms with van der Waals surface area (Å²) in [7, 11) is 0. The zero-order chi connectivity index (χ0) is 25.1. The van der Waals surface area contributed by atoms with Gasteiger partial charge in [-0.05, 0) is 61.4 Å². The second-order valence-electron chi connectivity index (χ2n) is 8.53. The topological polar surface area (TPSA) is 130 Å². The lowest BCUT2D eigenvalue weighted by Gasteiger charge is -2.12. The monoisotopic (exact) mass is 485 g/mol. The van der Waals surface area contributed by atoms with Gasteiger partial charge in [0.25, 0.3) is 0 Å². The molecule has 0 unspecified atom stereocenters. The number of hydrogen-bond acceptors (Lipinski definition) is 8. The average Bonchev–Trinajstić information content (AvgIpc) is 3.52. The lowest BCUT2D eigenvalue weighted by Crippen LogP contribution is -2.24. The van der Waals surface area contributed by atoms with E-state index in [9.17, 15) is 9.18 Å². The van der Waals surface area contributed by atoms with Crippen LogP contribution in [0.2, 0.25) is 0 Å². The van der Waals surface area contributed by atoms with Gasteiger partial charge in [0, 0.05) is 12.5 Å². The standard InChI is InChI=1S/C25H20FN7O3/c1-12-8-16(9-19-21(12)28-11-35-19)20-22(15-4-6-17(26)7-5-15)30-24(27)33-23(20)31-32(25(33)34)10-18-13(2)36-14(3)29-18/h4-9,11H,10H2,1-3H3,(H2,27,30). The van der Waals surface area contributed by atoms with Gasteiger partial charge in [-0.3, -0.25) is 0 Å². The number of aryl methyl sites for hydroxylation is 3. The molecule has 11 heteroatoms. The molecule has 0 aliphatic rings. The third kappa shape index (κ3) is 3.35. The molecule has 0 fully saturated rings. The average molecular weight is 485 g/mol. The van der Waals surface area contributed by atoms with Crippen LogP contribution in [0.25, 0.3) is 39.1 Å². The summed E-state index contributed by atoms with van der Waals surface area (Å²) in [5.74, 6) is 0.665. The van der Waals surface area contributed by atoms with E-state index in [1.807, 2.05) is 19.1 Å². The van der Waals surface area contributed by atoms with Crippen LogP contribution in [0.15, 0.2) is 56.4 Å². The van der Waals surface area contributed by atoms with E-state index in [1.165, 1.54) is 27.6 Å². The third-order valence-electron chi connectivity index (χ3n) is 6.09. The van der Waals surface area contributed by atoms with E-state index in [0.717, 1.165) is 11.1 Å². The van der Waals surface area contributed by atoms with E-state index in [4.69, 9.17) is 14.6 Å². The summed E-state index contributed by atoms with van der Waals surface area (Å²) in [6.45, 7) is 5.52. The third-order valence-corrected chi connectivity index (χ3v) is 6.09. The number of rotatable bonds is 4. The van der Waals surface area contributed by atoms with Crippen molar-refractivity contribution in [3.63, 3.8) is 0 Å². The van der Waals surface area contributed by atoms with Gasteiger partial charge in [-0.1, -0.05) is 0 Å². The van der Waals surface area contributed by atoms with Gasteiger partial charge in [0.2, 0.25) is 5.95 Å². The lowest BCUT2D eigenvalue weighted by atomic mass is 9.98. The number of halogens is 1. The number of nitrogen functional groups attached to an aromatic ring is 1. The second-order valence-corrected chi connectivity index (χ2v) is 8.53. The molecule has 0 aliphatic carbocycles. The maximum absolute atomic E-state index is 13.7. The molecular weight excluding hydrogens is 465 g/mol. The molecule has 0 amide bonds. The first-order chi connectivity index (χ1) is 17.3. The van der Waals surface area contributed by atoms with E-state index >= 15 is 0 Å². The fourth-order valence-electron chi connectivity index (χ4n) is 4.43. The van der Waals surface area contributed by atoms with Crippen LogP contribution in [0.1, 0.15) is 22.9 Å². The zero-order valence-electron chi connectivity index (χ0n) is 19.6. The Kier molecular flexibility index (Phi) is 4.75. The Labute approximate surface area is 202 Å². The van der Waals surface area contributed by atoms with Crippen molar-refractivity contribution in [2.45, 2.75) is 27.3 Å². The number of nitrogens with zero attached hydrogens (tertiary/aromatic N) is 6. The predicted molar refractivity (Wildman–Crippen MR) is 130 cm³/mol. The van der Waals surface area contributed by atoms with Crippen LogP contribution >= 0.6 is 0 Å². The first-order valence-corrected chi connectivity index (χ1v) is 11.1. The summed E-state index contributed by atoms with van der Waals surface area (Å²) in [4.78, 5) is 26.6. The van der Waals surface area contributed by atoms with E-state index < -0.39 is 5.69 Å². The Bertz CT molecular complexity index is 1840. The minimum atomic E-state index is -0.473. The van der Waals surface area contributed by atoms with Gasteiger partial charge >= 0.3 is 5.69 Å². The molecule has 0 saturated heterocycles. The van der Waals surface area contributed by atoms with E-state index in [-0.39, 0.29) is 18.3 Å². The maximum atomic E-state index is 13.7. The molecule has 36 heavy (non-hydrogen) atoms. The highest BCUT2D eigenvalue weighted by atomic mass is 19.1. The molecule has 0 spiro atoms. The van der Waals surface area contributed by atoms with Gasteiger partial charge in [0.1, 0.15) is 22.8 Å². The zero-order valence-corrected chi connectivity index (χ0v) is 19.6. The van der Waals surface area contributed by atoms with Crippen molar-refractivity contribution in [2.75, 3.05) is 5.73 Å². The fourth-order valence-corrected chi connectivity index (χ4v) is 4.43. The normalized spacial score (nSPS) is 11.7. The number of fused-ring (bicyclic) bond motifs is 2. The number of aromatic nitrogens is 6. The van der Waals surface area contributed by atoms with Crippen molar-refractivity contribution >= 4 is 22.7 Å². The second kappa shape index (κ2) is 7.87. The Hall–Kier alpha value is -4.80. The smallest absolute Gasteiger partial charge is 0.353 e. The molecule has 0 bridgehead atoms. The SMILES string of the molecule is Cc1nc(Cn2nc3c(-c4cc(C)c5ncoc5c4)c(-c4ccc(F)cc4)nc(N)n3c2=O)c(C)o1. The molecule has 0 saturated carbocycles. The van der Waals surface area contributed by atoms with Crippen molar-refractivity contribution in [1.82, 2.24) is 29.1 Å². The molecule has 6 aromatic rings. The number of oxazole rings is 2. The van der Waals surface area contributed by atoms with E-state index in [0.29, 0.717) is 51.0 Å². The van der Waals surface area contributed by atoms with Crippen molar-refractivity contribution in [2.24, 2.45) is 0 Å². The number of anilines is 1. The van der Waals surface area contributed by atoms with Crippen LogP contribution in [-0.4, -0.2) is 29.1 Å². The highest BCUT2D eigenvalue weighted by molar-refractivity contribution is 5.94. The molecule has 0 atom stereocenters. The van der Waals surface area contributed by atoms with Crippen LogP contribution in [-0.2, 0) is 6.54 Å². The van der Waals surface area contributed by atoms with Gasteiger partial charge in [-0.15, -0.1) is 5.10 Å². The van der Waals surface area contributed by atoms with Crippen molar-refractivity contribution < 1.29 is 13.2 Å². The predicted octanol–water partition coefficient (Wildman–Crippen LogP) is 4.05. The quantitative estimate of drug-likeness (QED) is 0.396. The Morgan fingerprint density at radius 3 is 2.56 bits per heavy atom. The Balaban J connectivity index is 1.67. The summed E-state index contributed by atoms with van der Waals surface area (Å²) in [5.41, 5.74) is 11.1. The molecule has 0 radical (unpaired) electrons. The van der Waals surface area contributed by atoms with Crippen LogP contribution in [0.3, 0.4) is 0 Å². The van der Waals surface area contributed by atoms with Gasteiger partial charge in [0.15, 0.2) is 23.5 Å². The minimum Gasteiger partial charge on any atom is -0.446 e. The molecule has 2 N–H and O–H groups in total. The highest BCUT2D eigenvalue weighted by Crippen LogP contribution is 2.36. The molecule has 180 valence electrons. The largest absolute Gasteiger partial charge is 0.446 e. The minimum absolute atomic E-state index is 0.0464. The molecule has 4 heterocycles. The first kappa shape index (κ1) is 21.7.